The van der Waals surface area contributed by atoms with Crippen LogP contribution in [0.5, 0.6) is 0 Å². The summed E-state index contributed by atoms with van der Waals surface area (Å²) in [6, 6.07) is 0. The minimum absolute atomic E-state index is 0.0289. The van der Waals surface area contributed by atoms with Gasteiger partial charge in [0.25, 0.3) is 0 Å². The van der Waals surface area contributed by atoms with E-state index in [0.29, 0.717) is 11.8 Å². The summed E-state index contributed by atoms with van der Waals surface area (Å²) in [6.07, 6.45) is 3.35. The first-order chi connectivity index (χ1) is 6.84. The minimum atomic E-state index is -0.167. The third kappa shape index (κ3) is 6.91. The van der Waals surface area contributed by atoms with Gasteiger partial charge < -0.3 is 10.2 Å². The first-order valence-electron chi connectivity index (χ1n) is 6.20. The Hall–Kier alpha value is -0.0800. The summed E-state index contributed by atoms with van der Waals surface area (Å²) >= 11 is 0. The molecule has 2 N–H and O–H groups in total. The fourth-order valence-corrected chi connectivity index (χ4v) is 2.15. The van der Waals surface area contributed by atoms with Crippen molar-refractivity contribution in [1.29, 1.82) is 0 Å². The molecule has 1 fully saturated rings. The van der Waals surface area contributed by atoms with Crippen molar-refractivity contribution in [3.05, 3.63) is 0 Å². The van der Waals surface area contributed by atoms with E-state index in [1.807, 2.05) is 0 Å². The number of aliphatic hydroxyl groups is 2. The highest BCUT2D eigenvalue weighted by molar-refractivity contribution is 4.79. The molecular weight excluding hydrogens is 188 g/mol. The van der Waals surface area contributed by atoms with E-state index in [4.69, 9.17) is 5.11 Å². The average molecular weight is 216 g/mol. The van der Waals surface area contributed by atoms with E-state index in [1.54, 1.807) is 13.8 Å². The van der Waals surface area contributed by atoms with Gasteiger partial charge in [-0.3, -0.25) is 0 Å². The second-order valence-corrected chi connectivity index (χ2v) is 5.49. The van der Waals surface area contributed by atoms with Crippen LogP contribution in [0.15, 0.2) is 0 Å². The molecule has 92 valence electrons. The van der Waals surface area contributed by atoms with Gasteiger partial charge in [0.05, 0.1) is 6.10 Å². The average Bonchev–Trinajstić information content (AvgIpc) is 2.01. The van der Waals surface area contributed by atoms with E-state index in [2.05, 4.69) is 20.8 Å². The molecule has 0 heterocycles. The Morgan fingerprint density at radius 1 is 1.07 bits per heavy atom. The first-order valence-corrected chi connectivity index (χ1v) is 6.20. The molecule has 2 nitrogen and oxygen atoms in total. The van der Waals surface area contributed by atoms with Crippen molar-refractivity contribution >= 4 is 0 Å². The van der Waals surface area contributed by atoms with Crippen LogP contribution < -0.4 is 0 Å². The molecule has 0 aliphatic heterocycles. The van der Waals surface area contributed by atoms with Crippen molar-refractivity contribution < 1.29 is 10.2 Å². The van der Waals surface area contributed by atoms with Crippen LogP contribution in [0.4, 0.5) is 0 Å². The van der Waals surface area contributed by atoms with E-state index < -0.39 is 0 Å². The summed E-state index contributed by atoms with van der Waals surface area (Å²) in [5, 5.41) is 17.8. The van der Waals surface area contributed by atoms with E-state index in [0.717, 1.165) is 12.3 Å². The zero-order chi connectivity index (χ0) is 12.0. The van der Waals surface area contributed by atoms with Gasteiger partial charge in [-0.05, 0) is 44.4 Å². The van der Waals surface area contributed by atoms with Gasteiger partial charge in [-0.2, -0.15) is 0 Å². The summed E-state index contributed by atoms with van der Waals surface area (Å²) in [6.45, 7) is 10.1. The Morgan fingerprint density at radius 2 is 1.53 bits per heavy atom. The summed E-state index contributed by atoms with van der Waals surface area (Å²) in [4.78, 5) is 0. The van der Waals surface area contributed by atoms with Gasteiger partial charge in [0.1, 0.15) is 0 Å². The second-order valence-electron chi connectivity index (χ2n) is 5.49. The SMILES string of the molecule is CC(C)O.CC1CCC(C(C)C)C(O)C1. The number of aliphatic hydroxyl groups excluding tert-OH is 2. The highest BCUT2D eigenvalue weighted by Crippen LogP contribution is 2.33. The molecular formula is C13H28O2. The fourth-order valence-electron chi connectivity index (χ4n) is 2.15. The second kappa shape index (κ2) is 7.24. The van der Waals surface area contributed by atoms with Crippen LogP contribution in [0.1, 0.15) is 53.9 Å². The summed E-state index contributed by atoms with van der Waals surface area (Å²) in [5.41, 5.74) is 0. The number of hydrogen-bond acceptors (Lipinski definition) is 2. The monoisotopic (exact) mass is 216 g/mol. The van der Waals surface area contributed by atoms with Crippen molar-refractivity contribution in [2.45, 2.75) is 66.1 Å². The smallest absolute Gasteiger partial charge is 0.0573 e. The zero-order valence-electron chi connectivity index (χ0n) is 10.9. The Bertz CT molecular complexity index is 152. The Balaban J connectivity index is 0.000000423. The molecule has 1 aliphatic rings. The van der Waals surface area contributed by atoms with Gasteiger partial charge in [0, 0.05) is 6.10 Å². The standard InChI is InChI=1S/C10H20O.C3H8O/c1-7(2)9-5-4-8(3)6-10(9)11;1-3(2)4/h7-11H,4-6H2,1-3H3;3-4H,1-2H3. The maximum Gasteiger partial charge on any atom is 0.0573 e. The predicted octanol–water partition coefficient (Wildman–Crippen LogP) is 2.83. The highest BCUT2D eigenvalue weighted by atomic mass is 16.3. The summed E-state index contributed by atoms with van der Waals surface area (Å²) in [7, 11) is 0. The quantitative estimate of drug-likeness (QED) is 0.707. The van der Waals surface area contributed by atoms with E-state index in [9.17, 15) is 5.11 Å². The predicted molar refractivity (Wildman–Crippen MR) is 64.7 cm³/mol. The van der Waals surface area contributed by atoms with E-state index in [-0.39, 0.29) is 12.2 Å². The van der Waals surface area contributed by atoms with Gasteiger partial charge >= 0.3 is 0 Å². The first kappa shape index (κ1) is 14.9. The molecule has 0 saturated heterocycles. The molecule has 2 heteroatoms. The van der Waals surface area contributed by atoms with Crippen LogP contribution in [0, 0.1) is 17.8 Å². The van der Waals surface area contributed by atoms with E-state index in [1.165, 1.54) is 12.8 Å². The van der Waals surface area contributed by atoms with Gasteiger partial charge in [-0.1, -0.05) is 27.2 Å². The van der Waals surface area contributed by atoms with Gasteiger partial charge in [0.15, 0.2) is 0 Å². The molecule has 0 spiro atoms. The van der Waals surface area contributed by atoms with Crippen molar-refractivity contribution in [3.8, 4) is 0 Å². The van der Waals surface area contributed by atoms with Crippen molar-refractivity contribution in [1.82, 2.24) is 0 Å². The molecule has 3 unspecified atom stereocenters. The molecule has 15 heavy (non-hydrogen) atoms. The zero-order valence-corrected chi connectivity index (χ0v) is 10.9. The summed E-state index contributed by atoms with van der Waals surface area (Å²) < 4.78 is 0. The molecule has 0 aromatic rings. The lowest BCUT2D eigenvalue weighted by Gasteiger charge is -2.33. The van der Waals surface area contributed by atoms with Gasteiger partial charge in [-0.25, -0.2) is 0 Å². The largest absolute Gasteiger partial charge is 0.394 e. The third-order valence-corrected chi connectivity index (χ3v) is 2.99. The number of rotatable bonds is 1. The molecule has 1 aliphatic carbocycles. The maximum atomic E-state index is 9.71. The van der Waals surface area contributed by atoms with Gasteiger partial charge in [0.2, 0.25) is 0 Å². The van der Waals surface area contributed by atoms with E-state index >= 15 is 0 Å². The molecule has 0 bridgehead atoms. The Morgan fingerprint density at radius 3 is 1.87 bits per heavy atom. The van der Waals surface area contributed by atoms with Crippen LogP contribution in [0.2, 0.25) is 0 Å². The lowest BCUT2D eigenvalue weighted by Crippen LogP contribution is -2.31. The van der Waals surface area contributed by atoms with Crippen LogP contribution in [-0.2, 0) is 0 Å². The van der Waals surface area contributed by atoms with Crippen molar-refractivity contribution in [2.75, 3.05) is 0 Å². The molecule has 0 radical (unpaired) electrons. The lowest BCUT2D eigenvalue weighted by atomic mass is 9.75. The van der Waals surface area contributed by atoms with Crippen LogP contribution in [0.25, 0.3) is 0 Å². The molecule has 0 amide bonds. The third-order valence-electron chi connectivity index (χ3n) is 2.99. The molecule has 0 aromatic heterocycles. The maximum absolute atomic E-state index is 9.71. The molecule has 1 saturated carbocycles. The molecule has 1 rings (SSSR count). The fraction of sp³-hybridized carbons (Fsp3) is 1.00. The minimum Gasteiger partial charge on any atom is -0.394 e. The number of hydrogen-bond donors (Lipinski definition) is 2. The van der Waals surface area contributed by atoms with Crippen molar-refractivity contribution in [3.63, 3.8) is 0 Å². The Kier molecular flexibility index (Phi) is 7.20. The molecule has 3 atom stereocenters. The van der Waals surface area contributed by atoms with Crippen LogP contribution in [0.3, 0.4) is 0 Å². The van der Waals surface area contributed by atoms with Gasteiger partial charge in [-0.15, -0.1) is 0 Å². The van der Waals surface area contributed by atoms with Crippen LogP contribution in [-0.4, -0.2) is 22.4 Å². The molecule has 0 aromatic carbocycles. The normalized spacial score (nSPS) is 31.4. The van der Waals surface area contributed by atoms with Crippen LogP contribution >= 0.6 is 0 Å². The Labute approximate surface area is 94.7 Å². The highest BCUT2D eigenvalue weighted by Gasteiger charge is 2.28. The van der Waals surface area contributed by atoms with Crippen molar-refractivity contribution in [2.24, 2.45) is 17.8 Å². The summed E-state index contributed by atoms with van der Waals surface area (Å²) in [5.74, 6) is 1.95. The lowest BCUT2D eigenvalue weighted by molar-refractivity contribution is 0.0266. The topological polar surface area (TPSA) is 40.5 Å².